The highest BCUT2D eigenvalue weighted by atomic mass is 35.5. The van der Waals surface area contributed by atoms with Crippen molar-refractivity contribution in [2.75, 3.05) is 57.2 Å². The lowest BCUT2D eigenvalue weighted by Gasteiger charge is -2.35. The van der Waals surface area contributed by atoms with E-state index in [1.165, 1.54) is 32.4 Å². The molecule has 2 aromatic rings. The van der Waals surface area contributed by atoms with E-state index in [-0.39, 0.29) is 23.6 Å². The molecule has 1 saturated heterocycles. The minimum atomic E-state index is -0.621. The number of nitrogens with zero attached hydrogens (tertiary/aromatic N) is 2. The van der Waals surface area contributed by atoms with Crippen LogP contribution in [0.5, 0.6) is 0 Å². The molecule has 2 aromatic carbocycles. The van der Waals surface area contributed by atoms with Crippen LogP contribution in [0.4, 0.5) is 11.4 Å². The number of rotatable bonds is 6. The fraction of sp³-hybridized carbons (Fsp3) is 0.318. The summed E-state index contributed by atoms with van der Waals surface area (Å²) in [5, 5.41) is 3.76. The Morgan fingerprint density at radius 3 is 2.00 bits per heavy atom. The lowest BCUT2D eigenvalue weighted by molar-refractivity contribution is -0.117. The number of methoxy groups -OCH3 is 2. The number of halogens is 2. The molecule has 170 valence electrons. The average Bonchev–Trinajstić information content (AvgIpc) is 2.80. The summed E-state index contributed by atoms with van der Waals surface area (Å²) in [5.41, 5.74) is 1.58. The van der Waals surface area contributed by atoms with Gasteiger partial charge in [-0.25, -0.2) is 9.59 Å². The molecule has 3 rings (SSSR count). The third-order valence-electron chi connectivity index (χ3n) is 5.07. The Labute approximate surface area is 196 Å². The van der Waals surface area contributed by atoms with E-state index in [9.17, 15) is 14.4 Å². The third kappa shape index (κ3) is 5.91. The summed E-state index contributed by atoms with van der Waals surface area (Å²) in [6.07, 6.45) is 0. The number of benzene rings is 2. The van der Waals surface area contributed by atoms with E-state index < -0.39 is 11.9 Å². The summed E-state index contributed by atoms with van der Waals surface area (Å²) in [4.78, 5) is 40.6. The van der Waals surface area contributed by atoms with Crippen LogP contribution in [-0.2, 0) is 14.3 Å². The molecule has 0 atom stereocenters. The van der Waals surface area contributed by atoms with Gasteiger partial charge in [0.2, 0.25) is 5.91 Å². The van der Waals surface area contributed by atoms with E-state index in [1.54, 1.807) is 6.07 Å². The van der Waals surface area contributed by atoms with E-state index in [0.29, 0.717) is 28.8 Å². The van der Waals surface area contributed by atoms with Gasteiger partial charge in [-0.05, 0) is 36.4 Å². The molecule has 0 spiro atoms. The molecule has 0 aliphatic carbocycles. The summed E-state index contributed by atoms with van der Waals surface area (Å²) in [7, 11) is 2.48. The number of carbonyl (C=O) groups is 3. The zero-order chi connectivity index (χ0) is 23.3. The van der Waals surface area contributed by atoms with Gasteiger partial charge in [0.1, 0.15) is 0 Å². The first-order valence-electron chi connectivity index (χ1n) is 9.84. The molecular weight excluding hydrogens is 457 g/mol. The predicted octanol–water partition coefficient (Wildman–Crippen LogP) is 3.33. The number of esters is 2. The molecule has 1 amide bonds. The van der Waals surface area contributed by atoms with Crippen LogP contribution in [-0.4, -0.2) is 69.7 Å². The lowest BCUT2D eigenvalue weighted by Crippen LogP contribution is -2.48. The number of ether oxygens (including phenoxy) is 2. The first-order valence-corrected chi connectivity index (χ1v) is 10.6. The molecule has 0 unspecified atom stereocenters. The molecule has 0 radical (unpaired) electrons. The first-order chi connectivity index (χ1) is 15.3. The summed E-state index contributed by atoms with van der Waals surface area (Å²) >= 11 is 12.1. The highest BCUT2D eigenvalue weighted by molar-refractivity contribution is 6.42. The topological polar surface area (TPSA) is 88.2 Å². The molecule has 1 aliphatic heterocycles. The van der Waals surface area contributed by atoms with Crippen LogP contribution in [0.15, 0.2) is 36.4 Å². The average molecular weight is 480 g/mol. The predicted molar refractivity (Wildman–Crippen MR) is 123 cm³/mol. The summed E-state index contributed by atoms with van der Waals surface area (Å²) in [5.74, 6) is -1.50. The zero-order valence-corrected chi connectivity index (χ0v) is 19.2. The smallest absolute Gasteiger partial charge is 0.337 e. The highest BCUT2D eigenvalue weighted by Gasteiger charge is 2.21. The normalized spacial score (nSPS) is 14.1. The zero-order valence-electron chi connectivity index (χ0n) is 17.7. The van der Waals surface area contributed by atoms with Gasteiger partial charge in [0.15, 0.2) is 0 Å². The lowest BCUT2D eigenvalue weighted by atomic mass is 10.1. The van der Waals surface area contributed by atoms with Gasteiger partial charge in [-0.2, -0.15) is 0 Å². The highest BCUT2D eigenvalue weighted by Crippen LogP contribution is 2.27. The quantitative estimate of drug-likeness (QED) is 0.635. The molecule has 1 heterocycles. The van der Waals surface area contributed by atoms with E-state index in [0.717, 1.165) is 18.8 Å². The number of hydrogen-bond acceptors (Lipinski definition) is 7. The summed E-state index contributed by atoms with van der Waals surface area (Å²) < 4.78 is 9.43. The minimum absolute atomic E-state index is 0.140. The molecule has 0 saturated carbocycles. The first kappa shape index (κ1) is 23.8. The van der Waals surface area contributed by atoms with E-state index in [1.807, 2.05) is 17.0 Å². The Bertz CT molecular complexity index is 988. The van der Waals surface area contributed by atoms with Gasteiger partial charge < -0.3 is 19.7 Å². The van der Waals surface area contributed by atoms with Crippen LogP contribution >= 0.6 is 23.2 Å². The van der Waals surface area contributed by atoms with Crippen LogP contribution in [0, 0.1) is 0 Å². The van der Waals surface area contributed by atoms with Crippen LogP contribution in [0.1, 0.15) is 20.7 Å². The van der Waals surface area contributed by atoms with Crippen molar-refractivity contribution in [3.8, 4) is 0 Å². The monoisotopic (exact) mass is 479 g/mol. The molecule has 1 N–H and O–H groups in total. The Balaban J connectivity index is 1.60. The Morgan fingerprint density at radius 2 is 1.47 bits per heavy atom. The number of nitrogens with one attached hydrogen (secondary N) is 1. The Kier molecular flexibility index (Phi) is 7.95. The summed E-state index contributed by atoms with van der Waals surface area (Å²) in [6.45, 7) is 3.00. The molecule has 10 heteroatoms. The van der Waals surface area contributed by atoms with E-state index in [4.69, 9.17) is 32.7 Å². The maximum atomic E-state index is 12.6. The van der Waals surface area contributed by atoms with Crippen LogP contribution in [0.25, 0.3) is 0 Å². The number of piperazine rings is 1. The summed E-state index contributed by atoms with van der Waals surface area (Å²) in [6, 6.07) is 9.79. The van der Waals surface area contributed by atoms with Crippen LogP contribution in [0.2, 0.25) is 10.0 Å². The van der Waals surface area contributed by atoms with Crippen molar-refractivity contribution in [2.24, 2.45) is 0 Å². The minimum Gasteiger partial charge on any atom is -0.465 e. The van der Waals surface area contributed by atoms with Crippen molar-refractivity contribution >= 4 is 52.4 Å². The van der Waals surface area contributed by atoms with Gasteiger partial charge in [0.05, 0.1) is 41.9 Å². The molecule has 0 aromatic heterocycles. The van der Waals surface area contributed by atoms with Gasteiger partial charge in [0.25, 0.3) is 0 Å². The maximum absolute atomic E-state index is 12.6. The van der Waals surface area contributed by atoms with Gasteiger partial charge in [-0.15, -0.1) is 0 Å². The van der Waals surface area contributed by atoms with Gasteiger partial charge >= 0.3 is 11.9 Å². The van der Waals surface area contributed by atoms with E-state index >= 15 is 0 Å². The standard InChI is InChI=1S/C22H23Cl2N3O5/c1-31-21(29)14-9-15(22(30)32-2)11-16(10-14)25-20(28)13-26-5-7-27(8-6-26)17-3-4-18(23)19(24)12-17/h3-4,9-12H,5-8,13H2,1-2H3,(H,25,28). The molecule has 32 heavy (non-hydrogen) atoms. The van der Waals surface area contributed by atoms with Crippen molar-refractivity contribution in [2.45, 2.75) is 0 Å². The molecular formula is C22H23Cl2N3O5. The second kappa shape index (κ2) is 10.7. The second-order valence-corrected chi connectivity index (χ2v) is 8.01. The van der Waals surface area contributed by atoms with Crippen LogP contribution in [0.3, 0.4) is 0 Å². The van der Waals surface area contributed by atoms with Gasteiger partial charge in [0, 0.05) is 37.6 Å². The van der Waals surface area contributed by atoms with Gasteiger partial charge in [-0.3, -0.25) is 9.69 Å². The van der Waals surface area contributed by atoms with Crippen LogP contribution < -0.4 is 10.2 Å². The fourth-order valence-corrected chi connectivity index (χ4v) is 3.71. The Morgan fingerprint density at radius 1 is 0.875 bits per heavy atom. The molecule has 0 bridgehead atoms. The molecule has 1 fully saturated rings. The largest absolute Gasteiger partial charge is 0.465 e. The van der Waals surface area contributed by atoms with E-state index in [2.05, 4.69) is 10.2 Å². The Hall–Kier alpha value is -2.81. The third-order valence-corrected chi connectivity index (χ3v) is 5.81. The van der Waals surface area contributed by atoms with Crippen molar-refractivity contribution in [3.05, 3.63) is 57.6 Å². The van der Waals surface area contributed by atoms with Crippen molar-refractivity contribution < 1.29 is 23.9 Å². The van der Waals surface area contributed by atoms with Crippen molar-refractivity contribution in [1.29, 1.82) is 0 Å². The number of hydrogen-bond donors (Lipinski definition) is 1. The molecule has 8 nitrogen and oxygen atoms in total. The number of amides is 1. The second-order valence-electron chi connectivity index (χ2n) is 7.19. The number of anilines is 2. The fourth-order valence-electron chi connectivity index (χ4n) is 3.42. The number of carbonyl (C=O) groups excluding carboxylic acids is 3. The van der Waals surface area contributed by atoms with Crippen molar-refractivity contribution in [3.63, 3.8) is 0 Å². The maximum Gasteiger partial charge on any atom is 0.337 e. The SMILES string of the molecule is COC(=O)c1cc(NC(=O)CN2CCN(c3ccc(Cl)c(Cl)c3)CC2)cc(C(=O)OC)c1. The van der Waals surface area contributed by atoms with Gasteiger partial charge in [-0.1, -0.05) is 23.2 Å². The molecule has 1 aliphatic rings. The van der Waals surface area contributed by atoms with Crippen molar-refractivity contribution in [1.82, 2.24) is 4.90 Å².